The molecule has 0 spiro atoms. The molecule has 2 aromatic heterocycles. The fraction of sp³-hybridized carbons (Fsp3) is 0.240. The molecule has 5 nitrogen and oxygen atoms in total. The predicted octanol–water partition coefficient (Wildman–Crippen LogP) is 3.82. The summed E-state index contributed by atoms with van der Waals surface area (Å²) in [7, 11) is 0. The molecule has 2 amide bonds. The summed E-state index contributed by atoms with van der Waals surface area (Å²) in [6, 6.07) is 15.6. The normalized spacial score (nSPS) is 16.4. The minimum Gasteiger partial charge on any atom is -0.335 e. The van der Waals surface area contributed by atoms with Crippen LogP contribution in [0, 0.1) is 0 Å². The molecule has 158 valence electrons. The average Bonchev–Trinajstić information content (AvgIpc) is 3.33. The van der Waals surface area contributed by atoms with Crippen molar-refractivity contribution in [2.45, 2.75) is 18.9 Å². The van der Waals surface area contributed by atoms with Gasteiger partial charge in [0.05, 0.1) is 6.42 Å². The Kier molecular flexibility index (Phi) is 6.57. The van der Waals surface area contributed by atoms with E-state index in [0.29, 0.717) is 26.1 Å². The van der Waals surface area contributed by atoms with Crippen molar-refractivity contribution in [3.63, 3.8) is 0 Å². The number of thiophene rings is 1. The summed E-state index contributed by atoms with van der Waals surface area (Å²) in [6.07, 6.45) is 5.87. The summed E-state index contributed by atoms with van der Waals surface area (Å²) in [5.74, 6) is -0.0622. The third kappa shape index (κ3) is 4.91. The summed E-state index contributed by atoms with van der Waals surface area (Å²) < 4.78 is 0. The fourth-order valence-electron chi connectivity index (χ4n) is 3.92. The number of rotatable bonds is 7. The van der Waals surface area contributed by atoms with Crippen molar-refractivity contribution in [3.8, 4) is 10.4 Å². The van der Waals surface area contributed by atoms with Gasteiger partial charge in [-0.1, -0.05) is 42.5 Å². The molecule has 6 heteroatoms. The number of pyridine rings is 1. The highest BCUT2D eigenvalue weighted by Gasteiger charge is 2.36. The minimum absolute atomic E-state index is 0.0204. The van der Waals surface area contributed by atoms with Crippen LogP contribution in [-0.2, 0) is 22.4 Å². The first-order chi connectivity index (χ1) is 15.2. The van der Waals surface area contributed by atoms with Crippen LogP contribution in [-0.4, -0.2) is 52.3 Å². The maximum Gasteiger partial charge on any atom is 0.246 e. The predicted molar refractivity (Wildman–Crippen MR) is 124 cm³/mol. The van der Waals surface area contributed by atoms with E-state index in [1.165, 1.54) is 4.88 Å². The van der Waals surface area contributed by atoms with Crippen molar-refractivity contribution >= 4 is 23.2 Å². The molecule has 31 heavy (non-hydrogen) atoms. The van der Waals surface area contributed by atoms with E-state index >= 15 is 0 Å². The number of hydrogen-bond donors (Lipinski definition) is 0. The Labute approximate surface area is 186 Å². The van der Waals surface area contributed by atoms with Gasteiger partial charge in [0.1, 0.15) is 6.04 Å². The number of benzene rings is 1. The van der Waals surface area contributed by atoms with E-state index in [2.05, 4.69) is 47.3 Å². The zero-order chi connectivity index (χ0) is 21.6. The molecule has 0 N–H and O–H groups in total. The molecule has 4 rings (SSSR count). The third-order valence-electron chi connectivity index (χ3n) is 5.52. The lowest BCUT2D eigenvalue weighted by atomic mass is 9.99. The van der Waals surface area contributed by atoms with Gasteiger partial charge in [0.2, 0.25) is 11.8 Å². The molecule has 0 unspecified atom stereocenters. The number of amides is 2. The highest BCUT2D eigenvalue weighted by molar-refractivity contribution is 7.13. The zero-order valence-electron chi connectivity index (χ0n) is 17.3. The Morgan fingerprint density at radius 3 is 2.65 bits per heavy atom. The lowest BCUT2D eigenvalue weighted by Gasteiger charge is -2.40. The van der Waals surface area contributed by atoms with Gasteiger partial charge in [-0.2, -0.15) is 0 Å². The van der Waals surface area contributed by atoms with Gasteiger partial charge in [0.15, 0.2) is 0 Å². The standard InChI is InChI=1S/C25H25N3O2S/c1-2-12-27-13-14-28(24(29)17-20-5-3-11-26-18-20)22(25(27)30)16-19-7-9-21(10-8-19)23-6-4-15-31-23/h2-11,15,18,22H,1,12-14,16-17H2/t22-/m0/s1. The molecular formula is C25H25N3O2S. The summed E-state index contributed by atoms with van der Waals surface area (Å²) in [4.78, 5) is 35.1. The Balaban J connectivity index is 1.54. The van der Waals surface area contributed by atoms with Crippen molar-refractivity contribution in [1.29, 1.82) is 0 Å². The largest absolute Gasteiger partial charge is 0.335 e. The number of carbonyl (C=O) groups is 2. The van der Waals surface area contributed by atoms with Crippen molar-refractivity contribution < 1.29 is 9.59 Å². The molecule has 1 aliphatic heterocycles. The highest BCUT2D eigenvalue weighted by atomic mass is 32.1. The molecule has 0 radical (unpaired) electrons. The minimum atomic E-state index is -0.509. The number of nitrogens with zero attached hydrogens (tertiary/aromatic N) is 3. The number of aromatic nitrogens is 1. The second-order valence-electron chi connectivity index (χ2n) is 7.59. The summed E-state index contributed by atoms with van der Waals surface area (Å²) >= 11 is 1.70. The molecule has 1 fully saturated rings. The van der Waals surface area contributed by atoms with Crippen LogP contribution in [0.3, 0.4) is 0 Å². The Hall–Kier alpha value is -3.25. The van der Waals surface area contributed by atoms with E-state index in [1.807, 2.05) is 18.2 Å². The molecule has 1 aromatic carbocycles. The van der Waals surface area contributed by atoms with E-state index in [0.717, 1.165) is 16.7 Å². The molecule has 1 aliphatic rings. The van der Waals surface area contributed by atoms with Crippen LogP contribution in [0.2, 0.25) is 0 Å². The number of piperazine rings is 1. The van der Waals surface area contributed by atoms with Crippen LogP contribution >= 0.6 is 11.3 Å². The quantitative estimate of drug-likeness (QED) is 0.535. The van der Waals surface area contributed by atoms with Crippen molar-refractivity contribution in [2.75, 3.05) is 19.6 Å². The highest BCUT2D eigenvalue weighted by Crippen LogP contribution is 2.26. The van der Waals surface area contributed by atoms with Crippen LogP contribution in [0.15, 0.2) is 79.0 Å². The first-order valence-electron chi connectivity index (χ1n) is 10.4. The maximum atomic E-state index is 13.2. The van der Waals surface area contributed by atoms with Gasteiger partial charge in [-0.25, -0.2) is 0 Å². The van der Waals surface area contributed by atoms with Crippen LogP contribution in [0.4, 0.5) is 0 Å². The van der Waals surface area contributed by atoms with Crippen LogP contribution in [0.25, 0.3) is 10.4 Å². The molecule has 0 bridgehead atoms. The monoisotopic (exact) mass is 431 g/mol. The van der Waals surface area contributed by atoms with Gasteiger partial charge in [-0.05, 0) is 34.2 Å². The van der Waals surface area contributed by atoms with Gasteiger partial charge in [-0.15, -0.1) is 17.9 Å². The summed E-state index contributed by atoms with van der Waals surface area (Å²) in [5.41, 5.74) is 3.05. The number of hydrogen-bond acceptors (Lipinski definition) is 4. The van der Waals surface area contributed by atoms with Gasteiger partial charge < -0.3 is 9.80 Å². The topological polar surface area (TPSA) is 53.5 Å². The smallest absolute Gasteiger partial charge is 0.246 e. The van der Waals surface area contributed by atoms with Crippen LogP contribution < -0.4 is 0 Å². The maximum absolute atomic E-state index is 13.2. The van der Waals surface area contributed by atoms with Crippen LogP contribution in [0.1, 0.15) is 11.1 Å². The van der Waals surface area contributed by atoms with E-state index in [1.54, 1.807) is 39.6 Å². The first-order valence-corrected chi connectivity index (χ1v) is 11.2. The van der Waals surface area contributed by atoms with E-state index in [-0.39, 0.29) is 18.2 Å². The van der Waals surface area contributed by atoms with E-state index in [4.69, 9.17) is 0 Å². The molecule has 1 atom stereocenters. The molecular weight excluding hydrogens is 406 g/mol. The summed E-state index contributed by atoms with van der Waals surface area (Å²) in [6.45, 7) is 5.31. The Bertz CT molecular complexity index is 1030. The zero-order valence-corrected chi connectivity index (χ0v) is 18.1. The lowest BCUT2D eigenvalue weighted by molar-refractivity contribution is -0.150. The Morgan fingerprint density at radius 2 is 1.97 bits per heavy atom. The fourth-order valence-corrected chi connectivity index (χ4v) is 4.65. The van der Waals surface area contributed by atoms with Gasteiger partial charge in [0, 0.05) is 43.3 Å². The van der Waals surface area contributed by atoms with Crippen molar-refractivity contribution in [2.24, 2.45) is 0 Å². The third-order valence-corrected chi connectivity index (χ3v) is 6.44. The first kappa shape index (κ1) is 21.0. The second-order valence-corrected chi connectivity index (χ2v) is 8.54. The van der Waals surface area contributed by atoms with Gasteiger partial charge in [0.25, 0.3) is 0 Å². The second kappa shape index (κ2) is 9.71. The molecule has 3 aromatic rings. The van der Waals surface area contributed by atoms with Crippen molar-refractivity contribution in [3.05, 3.63) is 90.1 Å². The Morgan fingerprint density at radius 1 is 1.13 bits per heavy atom. The average molecular weight is 432 g/mol. The van der Waals surface area contributed by atoms with Gasteiger partial charge >= 0.3 is 0 Å². The summed E-state index contributed by atoms with van der Waals surface area (Å²) in [5, 5.41) is 2.06. The lowest BCUT2D eigenvalue weighted by Crippen LogP contribution is -2.59. The molecule has 3 heterocycles. The van der Waals surface area contributed by atoms with E-state index in [9.17, 15) is 9.59 Å². The molecule has 1 saturated heterocycles. The SMILES string of the molecule is C=CCN1CCN(C(=O)Cc2cccnc2)[C@@H](Cc2ccc(-c3cccs3)cc2)C1=O. The van der Waals surface area contributed by atoms with E-state index < -0.39 is 6.04 Å². The molecule has 0 aliphatic carbocycles. The van der Waals surface area contributed by atoms with Crippen molar-refractivity contribution in [1.82, 2.24) is 14.8 Å². The number of carbonyl (C=O) groups excluding carboxylic acids is 2. The van der Waals surface area contributed by atoms with Crippen LogP contribution in [0.5, 0.6) is 0 Å². The molecule has 0 saturated carbocycles. The van der Waals surface area contributed by atoms with Gasteiger partial charge in [-0.3, -0.25) is 14.6 Å².